The number of fused-ring (bicyclic) bond motifs is 1. The van der Waals surface area contributed by atoms with Crippen LogP contribution in [0.4, 0.5) is 11.4 Å². The van der Waals surface area contributed by atoms with Gasteiger partial charge in [0.05, 0.1) is 38.4 Å². The normalized spacial score (nSPS) is 14.0. The van der Waals surface area contributed by atoms with Gasteiger partial charge in [-0.25, -0.2) is 4.98 Å². The minimum atomic E-state index is 0.731. The molecule has 3 aromatic heterocycles. The molecule has 2 N–H and O–H groups in total. The average Bonchev–Trinajstić information content (AvgIpc) is 3.27. The topological polar surface area (TPSA) is 75.3 Å². The molecule has 7 nitrogen and oxygen atoms in total. The lowest BCUT2D eigenvalue weighted by Gasteiger charge is -2.28. The highest BCUT2D eigenvalue weighted by atomic mass is 16.5. The number of aromatic nitrogens is 3. The molecule has 4 aromatic rings. The van der Waals surface area contributed by atoms with Crippen LogP contribution < -0.4 is 15.0 Å². The maximum Gasteiger partial charge on any atom is 0.138 e. The first-order valence-corrected chi connectivity index (χ1v) is 10.4. The van der Waals surface area contributed by atoms with Gasteiger partial charge in [-0.15, -0.1) is 0 Å². The molecule has 1 fully saturated rings. The van der Waals surface area contributed by atoms with Gasteiger partial charge in [-0.05, 0) is 29.8 Å². The number of H-pyrrole nitrogens is 1. The monoisotopic (exact) mass is 415 g/mol. The minimum absolute atomic E-state index is 0.731. The largest absolute Gasteiger partial charge is 0.495 e. The van der Waals surface area contributed by atoms with Crippen LogP contribution in [0.5, 0.6) is 5.75 Å². The summed E-state index contributed by atoms with van der Waals surface area (Å²) in [6.45, 7) is 4.23. The number of nitrogens with one attached hydrogen (secondary N) is 2. The summed E-state index contributed by atoms with van der Waals surface area (Å²) in [6.07, 6.45) is 7.35. The molecule has 1 aliphatic heterocycles. The Balaban J connectivity index is 1.31. The van der Waals surface area contributed by atoms with Crippen LogP contribution in [0.15, 0.2) is 61.2 Å². The van der Waals surface area contributed by atoms with E-state index in [1.807, 2.05) is 24.7 Å². The number of methoxy groups -OCH3 is 1. The molecule has 0 unspecified atom stereocenters. The van der Waals surface area contributed by atoms with Gasteiger partial charge in [-0.3, -0.25) is 4.98 Å². The molecule has 0 radical (unpaired) electrons. The summed E-state index contributed by atoms with van der Waals surface area (Å²) in [6, 6.07) is 12.8. The van der Waals surface area contributed by atoms with E-state index in [0.29, 0.717) is 0 Å². The van der Waals surface area contributed by atoms with Crippen LogP contribution in [0.25, 0.3) is 22.2 Å². The van der Waals surface area contributed by atoms with E-state index in [2.05, 4.69) is 55.5 Å². The summed E-state index contributed by atoms with van der Waals surface area (Å²) in [7, 11) is 1.65. The van der Waals surface area contributed by atoms with Crippen LogP contribution in [0.3, 0.4) is 0 Å². The number of aromatic amines is 1. The average molecular weight is 415 g/mol. The van der Waals surface area contributed by atoms with Crippen LogP contribution in [0, 0.1) is 0 Å². The highest BCUT2D eigenvalue weighted by Gasteiger charge is 2.11. The van der Waals surface area contributed by atoms with Crippen molar-refractivity contribution >= 4 is 22.4 Å². The van der Waals surface area contributed by atoms with Crippen LogP contribution in [-0.4, -0.2) is 48.4 Å². The van der Waals surface area contributed by atoms with Gasteiger partial charge in [0.2, 0.25) is 0 Å². The molecular weight excluding hydrogens is 390 g/mol. The molecular formula is C24H25N5O2. The molecule has 7 heteroatoms. The van der Waals surface area contributed by atoms with Crippen LogP contribution in [0.2, 0.25) is 0 Å². The molecule has 0 amide bonds. The van der Waals surface area contributed by atoms with Crippen LogP contribution in [-0.2, 0) is 11.3 Å². The lowest BCUT2D eigenvalue weighted by Crippen LogP contribution is -2.36. The molecule has 0 saturated carbocycles. The Bertz CT molecular complexity index is 1170. The fourth-order valence-corrected chi connectivity index (χ4v) is 3.87. The molecule has 0 bridgehead atoms. The molecule has 1 saturated heterocycles. The van der Waals surface area contributed by atoms with E-state index in [1.54, 1.807) is 13.3 Å². The number of pyridine rings is 2. The number of morpholine rings is 1. The van der Waals surface area contributed by atoms with Crippen molar-refractivity contribution in [2.45, 2.75) is 6.54 Å². The third-order valence-electron chi connectivity index (χ3n) is 5.60. The second-order valence-corrected chi connectivity index (χ2v) is 7.56. The molecule has 0 spiro atoms. The zero-order chi connectivity index (χ0) is 21.0. The quantitative estimate of drug-likeness (QED) is 0.494. The second-order valence-electron chi connectivity index (χ2n) is 7.56. The van der Waals surface area contributed by atoms with Crippen molar-refractivity contribution in [2.75, 3.05) is 43.6 Å². The van der Waals surface area contributed by atoms with E-state index in [1.165, 1.54) is 11.3 Å². The van der Waals surface area contributed by atoms with Crippen molar-refractivity contribution in [1.82, 2.24) is 15.0 Å². The molecule has 0 atom stereocenters. The van der Waals surface area contributed by atoms with Crippen molar-refractivity contribution in [3.8, 4) is 16.9 Å². The fraction of sp³-hybridized carbons (Fsp3) is 0.250. The third kappa shape index (κ3) is 4.18. The van der Waals surface area contributed by atoms with E-state index in [0.717, 1.165) is 66.4 Å². The Morgan fingerprint density at radius 3 is 2.74 bits per heavy atom. The number of anilines is 2. The summed E-state index contributed by atoms with van der Waals surface area (Å²) in [5.74, 6) is 0.731. The summed E-state index contributed by atoms with van der Waals surface area (Å²) >= 11 is 0. The predicted molar refractivity (Wildman–Crippen MR) is 123 cm³/mol. The van der Waals surface area contributed by atoms with Gasteiger partial charge in [-0.2, -0.15) is 0 Å². The SMILES string of the molecule is COc1cncc(-c2c[nH]c3ncc(NCc4ccc(N5CCOCC5)cc4)cc23)c1. The van der Waals surface area contributed by atoms with Crippen LogP contribution in [0.1, 0.15) is 5.56 Å². The summed E-state index contributed by atoms with van der Waals surface area (Å²) in [5, 5.41) is 4.54. The maximum atomic E-state index is 5.44. The van der Waals surface area contributed by atoms with Crippen molar-refractivity contribution < 1.29 is 9.47 Å². The molecule has 5 rings (SSSR count). The predicted octanol–water partition coefficient (Wildman–Crippen LogP) is 4.08. The zero-order valence-corrected chi connectivity index (χ0v) is 17.5. The van der Waals surface area contributed by atoms with Crippen molar-refractivity contribution in [1.29, 1.82) is 0 Å². The van der Waals surface area contributed by atoms with E-state index >= 15 is 0 Å². The Kier molecular flexibility index (Phi) is 5.41. The van der Waals surface area contributed by atoms with E-state index in [-0.39, 0.29) is 0 Å². The van der Waals surface area contributed by atoms with Crippen molar-refractivity contribution in [3.05, 3.63) is 66.7 Å². The molecule has 0 aliphatic carbocycles. The fourth-order valence-electron chi connectivity index (χ4n) is 3.87. The summed E-state index contributed by atoms with van der Waals surface area (Å²) in [4.78, 5) is 14.4. The van der Waals surface area contributed by atoms with Crippen molar-refractivity contribution in [2.24, 2.45) is 0 Å². The van der Waals surface area contributed by atoms with Gasteiger partial charge in [0.15, 0.2) is 0 Å². The number of rotatable bonds is 6. The molecule has 1 aliphatic rings. The van der Waals surface area contributed by atoms with Gasteiger partial charge < -0.3 is 24.7 Å². The summed E-state index contributed by atoms with van der Waals surface area (Å²) in [5.41, 5.74) is 6.33. The summed E-state index contributed by atoms with van der Waals surface area (Å²) < 4.78 is 10.7. The number of hydrogen-bond acceptors (Lipinski definition) is 6. The number of benzene rings is 1. The first-order chi connectivity index (χ1) is 15.3. The highest BCUT2D eigenvalue weighted by molar-refractivity contribution is 5.95. The smallest absolute Gasteiger partial charge is 0.138 e. The van der Waals surface area contributed by atoms with Gasteiger partial charge in [-0.1, -0.05) is 12.1 Å². The molecule has 158 valence electrons. The van der Waals surface area contributed by atoms with E-state index in [4.69, 9.17) is 9.47 Å². The zero-order valence-electron chi connectivity index (χ0n) is 17.5. The van der Waals surface area contributed by atoms with E-state index in [9.17, 15) is 0 Å². The molecule has 1 aromatic carbocycles. The Labute approximate surface area is 181 Å². The maximum absolute atomic E-state index is 5.44. The highest BCUT2D eigenvalue weighted by Crippen LogP contribution is 2.30. The second kappa shape index (κ2) is 8.65. The first-order valence-electron chi connectivity index (χ1n) is 10.4. The molecule has 4 heterocycles. The minimum Gasteiger partial charge on any atom is -0.495 e. The Morgan fingerprint density at radius 1 is 1.10 bits per heavy atom. The number of nitrogens with zero attached hydrogens (tertiary/aromatic N) is 3. The lowest BCUT2D eigenvalue weighted by molar-refractivity contribution is 0.122. The standard InChI is InChI=1S/C24H25N5O2/c1-30-21-10-18(13-25-15-21)23-16-28-24-22(23)11-19(14-27-24)26-12-17-2-4-20(5-3-17)29-6-8-31-9-7-29/h2-5,10-11,13-16,26H,6-9,12H2,1H3,(H,27,28). The lowest BCUT2D eigenvalue weighted by atomic mass is 10.1. The number of ether oxygens (including phenoxy) is 2. The first kappa shape index (κ1) is 19.4. The van der Waals surface area contributed by atoms with E-state index < -0.39 is 0 Å². The van der Waals surface area contributed by atoms with Gasteiger partial charge in [0.25, 0.3) is 0 Å². The van der Waals surface area contributed by atoms with Crippen molar-refractivity contribution in [3.63, 3.8) is 0 Å². The Hall–Kier alpha value is -3.58. The van der Waals surface area contributed by atoms with Crippen LogP contribution >= 0.6 is 0 Å². The van der Waals surface area contributed by atoms with Gasteiger partial charge >= 0.3 is 0 Å². The molecule has 31 heavy (non-hydrogen) atoms. The van der Waals surface area contributed by atoms with Gasteiger partial charge in [0, 0.05) is 54.2 Å². The number of hydrogen-bond donors (Lipinski definition) is 2. The third-order valence-corrected chi connectivity index (χ3v) is 5.60. The Morgan fingerprint density at radius 2 is 1.94 bits per heavy atom. The van der Waals surface area contributed by atoms with Gasteiger partial charge in [0.1, 0.15) is 11.4 Å².